The minimum atomic E-state index is -0.0116. The van der Waals surface area contributed by atoms with E-state index in [1.165, 1.54) is 11.1 Å². The fourth-order valence-electron chi connectivity index (χ4n) is 6.56. The molecule has 55 heavy (non-hydrogen) atoms. The maximum atomic E-state index is 7.76. The predicted molar refractivity (Wildman–Crippen MR) is 231 cm³/mol. The smallest absolute Gasteiger partial charge is 0.173 e. The molecule has 0 saturated carbocycles. The maximum Gasteiger partial charge on any atom is 0.173 e. The highest BCUT2D eigenvalue weighted by atomic mass is 35.5. The molecule has 0 unspecified atom stereocenters. The zero-order valence-corrected chi connectivity index (χ0v) is 33.1. The lowest BCUT2D eigenvalue weighted by Crippen LogP contribution is -2.15. The summed E-state index contributed by atoms with van der Waals surface area (Å²) in [4.78, 5) is 4.37. The molecule has 0 aliphatic carbocycles. The van der Waals surface area contributed by atoms with Gasteiger partial charge in [-0.15, -0.1) is 0 Å². The first-order valence-corrected chi connectivity index (χ1v) is 19.1. The molecule has 0 aromatic heterocycles. The number of hydrogen-bond acceptors (Lipinski definition) is 4. The lowest BCUT2D eigenvalue weighted by atomic mass is 9.87. The van der Waals surface area contributed by atoms with E-state index >= 15 is 0 Å². The first-order valence-electron chi connectivity index (χ1n) is 18.7. The zero-order chi connectivity index (χ0) is 38.6. The fourth-order valence-corrected chi connectivity index (χ4v) is 6.83. The van der Waals surface area contributed by atoms with Crippen LogP contribution in [0.2, 0.25) is 5.02 Å². The second kappa shape index (κ2) is 15.8. The van der Waals surface area contributed by atoms with Gasteiger partial charge in [-0.25, -0.2) is 0 Å². The summed E-state index contributed by atoms with van der Waals surface area (Å²) in [5.74, 6) is 2.25. The van der Waals surface area contributed by atoms with Crippen LogP contribution < -0.4 is 19.3 Å². The van der Waals surface area contributed by atoms with Crippen molar-refractivity contribution < 1.29 is 9.47 Å². The third-order valence-electron chi connectivity index (χ3n) is 9.56. The topological polar surface area (TPSA) is 24.9 Å². The normalized spacial score (nSPS) is 11.5. The van der Waals surface area contributed by atoms with Gasteiger partial charge in [0.25, 0.3) is 0 Å². The van der Waals surface area contributed by atoms with E-state index in [4.69, 9.17) is 21.1 Å². The van der Waals surface area contributed by atoms with Crippen LogP contribution in [0.3, 0.4) is 0 Å². The van der Waals surface area contributed by atoms with Gasteiger partial charge in [-0.2, -0.15) is 0 Å². The molecule has 7 aromatic carbocycles. The number of nitrogens with zero attached hydrogens (tertiary/aromatic N) is 2. The van der Waals surface area contributed by atoms with Crippen LogP contribution in [-0.2, 0) is 10.8 Å². The van der Waals surface area contributed by atoms with E-state index in [1.807, 2.05) is 97.1 Å². The molecule has 0 aliphatic rings. The van der Waals surface area contributed by atoms with E-state index in [2.05, 4.69) is 130 Å². The first-order chi connectivity index (χ1) is 26.5. The van der Waals surface area contributed by atoms with E-state index < -0.39 is 0 Å². The van der Waals surface area contributed by atoms with Crippen molar-refractivity contribution in [2.45, 2.75) is 52.4 Å². The third kappa shape index (κ3) is 8.41. The van der Waals surface area contributed by atoms with Crippen LogP contribution in [0.1, 0.15) is 52.7 Å². The van der Waals surface area contributed by atoms with E-state index in [0.29, 0.717) is 28.0 Å². The molecule has 0 bridgehead atoms. The van der Waals surface area contributed by atoms with Crippen LogP contribution in [0.4, 0.5) is 34.1 Å². The second-order valence-corrected chi connectivity index (χ2v) is 16.0. The van der Waals surface area contributed by atoms with Gasteiger partial charge >= 0.3 is 0 Å². The molecule has 0 saturated heterocycles. The molecule has 276 valence electrons. The Bertz CT molecular complexity index is 2070. The largest absolute Gasteiger partial charge is 0.453 e. The van der Waals surface area contributed by atoms with Crippen LogP contribution >= 0.6 is 11.6 Å². The van der Waals surface area contributed by atoms with Crippen molar-refractivity contribution in [1.29, 1.82) is 0 Å². The van der Waals surface area contributed by atoms with Crippen molar-refractivity contribution in [3.8, 4) is 23.0 Å². The first kappa shape index (κ1) is 37.3. The van der Waals surface area contributed by atoms with E-state index in [0.717, 1.165) is 34.1 Å². The summed E-state index contributed by atoms with van der Waals surface area (Å²) in [6, 6.07) is 59.8. The number of rotatable bonds is 10. The molecular weight excluding hydrogens is 696 g/mol. The molecule has 0 aliphatic heterocycles. The van der Waals surface area contributed by atoms with Crippen molar-refractivity contribution in [2.24, 2.45) is 0 Å². The molecule has 7 aromatic rings. The molecule has 0 spiro atoms. The summed E-state index contributed by atoms with van der Waals surface area (Å²) in [7, 11) is 0. The summed E-state index contributed by atoms with van der Waals surface area (Å²) in [6.07, 6.45) is 0. The van der Waals surface area contributed by atoms with Gasteiger partial charge in [0, 0.05) is 22.7 Å². The van der Waals surface area contributed by atoms with Crippen LogP contribution in [0, 0.1) is 0 Å². The Balaban J connectivity index is 1.53. The number of para-hydroxylation sites is 4. The van der Waals surface area contributed by atoms with Gasteiger partial charge < -0.3 is 19.3 Å². The Morgan fingerprint density at radius 3 is 0.909 bits per heavy atom. The molecule has 0 amide bonds. The monoisotopic (exact) mass is 742 g/mol. The molecule has 0 N–H and O–H groups in total. The number of ether oxygens (including phenoxy) is 2. The molecule has 7 rings (SSSR count). The van der Waals surface area contributed by atoms with Gasteiger partial charge in [0.15, 0.2) is 11.5 Å². The fraction of sp³-hybridized carbons (Fsp3) is 0.160. The summed E-state index contributed by atoms with van der Waals surface area (Å²) in [5.41, 5.74) is 7.66. The minimum absolute atomic E-state index is 0.0116. The second-order valence-electron chi connectivity index (χ2n) is 15.7. The Kier molecular flexibility index (Phi) is 10.7. The van der Waals surface area contributed by atoms with Gasteiger partial charge in [-0.1, -0.05) is 150 Å². The van der Waals surface area contributed by atoms with Crippen molar-refractivity contribution in [1.82, 2.24) is 0 Å². The average Bonchev–Trinajstić information content (AvgIpc) is 3.19. The van der Waals surface area contributed by atoms with Gasteiger partial charge in [0.05, 0.1) is 11.4 Å². The molecule has 4 nitrogen and oxygen atoms in total. The summed E-state index contributed by atoms with van der Waals surface area (Å²) < 4.78 is 13.9. The Morgan fingerprint density at radius 1 is 0.382 bits per heavy atom. The van der Waals surface area contributed by atoms with Gasteiger partial charge in [0.2, 0.25) is 0 Å². The third-order valence-corrected chi connectivity index (χ3v) is 9.90. The van der Waals surface area contributed by atoms with E-state index in [-0.39, 0.29) is 10.8 Å². The predicted octanol–water partition coefficient (Wildman–Crippen LogP) is 15.5. The zero-order valence-electron chi connectivity index (χ0n) is 32.3. The SMILES string of the molecule is CC(C)(C)c1ccc(Oc2c(N(c3ccccc3)c3ccccc3)cc(N(c3ccccc3)c3ccccc3)c(Oc3ccc(C(C)(C)C)cc3)c2Cl)cc1. The van der Waals surface area contributed by atoms with E-state index in [1.54, 1.807) is 0 Å². The van der Waals surface area contributed by atoms with Gasteiger partial charge in [-0.05, 0) is 101 Å². The highest BCUT2D eigenvalue weighted by Crippen LogP contribution is 2.56. The van der Waals surface area contributed by atoms with Gasteiger partial charge in [-0.3, -0.25) is 0 Å². The molecule has 5 heteroatoms. The molecule has 0 atom stereocenters. The molecule has 0 heterocycles. The minimum Gasteiger partial charge on any atom is -0.453 e. The Hall–Kier alpha value is -5.97. The number of benzene rings is 7. The molecule has 0 radical (unpaired) electrons. The Labute approximate surface area is 331 Å². The van der Waals surface area contributed by atoms with Gasteiger partial charge in [0.1, 0.15) is 16.5 Å². The highest BCUT2D eigenvalue weighted by Gasteiger charge is 2.30. The Morgan fingerprint density at radius 2 is 0.655 bits per heavy atom. The number of hydrogen-bond donors (Lipinski definition) is 0. The van der Waals surface area contributed by atoms with Crippen molar-refractivity contribution in [3.05, 3.63) is 192 Å². The van der Waals surface area contributed by atoms with Crippen molar-refractivity contribution in [2.75, 3.05) is 9.80 Å². The molecule has 0 fully saturated rings. The lowest BCUT2D eigenvalue weighted by Gasteiger charge is -2.33. The maximum absolute atomic E-state index is 7.76. The van der Waals surface area contributed by atoms with Crippen LogP contribution in [0.25, 0.3) is 0 Å². The quantitative estimate of drug-likeness (QED) is 0.139. The highest BCUT2D eigenvalue weighted by molar-refractivity contribution is 6.35. The summed E-state index contributed by atoms with van der Waals surface area (Å²) in [6.45, 7) is 13.2. The standard InChI is InChI=1S/C50H47ClN2O2/c1-49(2,3)36-27-31-42(32-28-36)54-47-44(52(38-19-11-7-12-20-38)39-21-13-8-14-22-39)35-45(53(40-23-15-9-16-24-40)41-25-17-10-18-26-41)48(46(47)51)55-43-33-29-37(30-34-43)50(4,5)6/h7-35H,1-6H3. The average molecular weight is 743 g/mol. The summed E-state index contributed by atoms with van der Waals surface area (Å²) in [5, 5.41) is 0.334. The van der Waals surface area contributed by atoms with Crippen molar-refractivity contribution >= 4 is 45.7 Å². The van der Waals surface area contributed by atoms with Crippen LogP contribution in [0.15, 0.2) is 176 Å². The van der Waals surface area contributed by atoms with Crippen LogP contribution in [-0.4, -0.2) is 0 Å². The van der Waals surface area contributed by atoms with Crippen LogP contribution in [0.5, 0.6) is 23.0 Å². The lowest BCUT2D eigenvalue weighted by molar-refractivity contribution is 0.461. The van der Waals surface area contributed by atoms with E-state index in [9.17, 15) is 0 Å². The molecular formula is C50H47ClN2O2. The van der Waals surface area contributed by atoms with Crippen molar-refractivity contribution in [3.63, 3.8) is 0 Å². The summed E-state index contributed by atoms with van der Waals surface area (Å²) >= 11 is 7.76. The number of halogens is 1. The number of anilines is 6.